The smallest absolute Gasteiger partial charge is 0.341 e. The number of Topliss-reactive ketones (excluding diaryl/α,β-unsaturated/α-hetero) is 1. The van der Waals surface area contributed by atoms with Gasteiger partial charge in [0.1, 0.15) is 23.9 Å². The van der Waals surface area contributed by atoms with Crippen LogP contribution in [0.15, 0.2) is 54.6 Å². The van der Waals surface area contributed by atoms with Crippen molar-refractivity contribution in [2.45, 2.75) is 39.8 Å². The van der Waals surface area contributed by atoms with Crippen molar-refractivity contribution in [1.82, 2.24) is 5.32 Å². The average molecular weight is 508 g/mol. The summed E-state index contributed by atoms with van der Waals surface area (Å²) in [6.07, 6.45) is -0.718. The predicted molar refractivity (Wildman–Crippen MR) is 141 cm³/mol. The van der Waals surface area contributed by atoms with Gasteiger partial charge in [-0.05, 0) is 91.9 Å². The number of nitrogens with one attached hydrogen (secondary N) is 1. The van der Waals surface area contributed by atoms with Crippen molar-refractivity contribution in [2.75, 3.05) is 19.8 Å². The highest BCUT2D eigenvalue weighted by atomic mass is 16.5. The van der Waals surface area contributed by atoms with Crippen LogP contribution in [0, 0.1) is 13.8 Å². The van der Waals surface area contributed by atoms with E-state index in [4.69, 9.17) is 14.6 Å². The lowest BCUT2D eigenvalue weighted by molar-refractivity contribution is -0.139. The Hall–Kier alpha value is -3.88. The number of aliphatic carboxylic acids is 1. The number of ketones is 1. The molecule has 37 heavy (non-hydrogen) atoms. The van der Waals surface area contributed by atoms with Gasteiger partial charge in [-0.15, -0.1) is 0 Å². The molecule has 0 bridgehead atoms. The van der Waals surface area contributed by atoms with Gasteiger partial charge in [-0.25, -0.2) is 4.79 Å². The van der Waals surface area contributed by atoms with Crippen molar-refractivity contribution in [2.24, 2.45) is 0 Å². The number of carbonyl (C=O) groups is 2. The summed E-state index contributed by atoms with van der Waals surface area (Å²) < 4.78 is 11.3. The molecule has 4 N–H and O–H groups in total. The molecule has 3 rings (SSSR count). The summed E-state index contributed by atoms with van der Waals surface area (Å²) in [5.41, 5.74) is 4.62. The predicted octanol–water partition coefficient (Wildman–Crippen LogP) is 4.43. The fraction of sp³-hybridized carbons (Fsp3) is 0.310. The van der Waals surface area contributed by atoms with Crippen molar-refractivity contribution >= 4 is 11.8 Å². The minimum Gasteiger partial charge on any atom is -0.508 e. The number of hydrogen-bond acceptors (Lipinski definition) is 7. The molecule has 0 spiro atoms. The van der Waals surface area contributed by atoms with Crippen molar-refractivity contribution in [3.8, 4) is 28.4 Å². The first kappa shape index (κ1) is 27.7. The van der Waals surface area contributed by atoms with Gasteiger partial charge >= 0.3 is 5.97 Å². The second kappa shape index (κ2) is 12.4. The molecule has 3 aromatic rings. The van der Waals surface area contributed by atoms with E-state index in [-0.39, 0.29) is 23.3 Å². The van der Waals surface area contributed by atoms with Crippen molar-refractivity contribution in [1.29, 1.82) is 0 Å². The van der Waals surface area contributed by atoms with E-state index in [2.05, 4.69) is 5.32 Å². The molecule has 0 fully saturated rings. The largest absolute Gasteiger partial charge is 0.508 e. The molecule has 0 heterocycles. The molecular weight excluding hydrogens is 474 g/mol. The SMILES string of the molecule is CC(=O)c1cc(-c2cc(C)c(OCCN[C@@H](C)[C@@H](O)c3ccc(O)cc3)c(C)c2)ccc1OCC(=O)O. The van der Waals surface area contributed by atoms with Crippen LogP contribution in [0.1, 0.15) is 47.0 Å². The molecule has 0 saturated heterocycles. The van der Waals surface area contributed by atoms with Crippen LogP contribution in [0.4, 0.5) is 0 Å². The fourth-order valence-corrected chi connectivity index (χ4v) is 4.11. The van der Waals surface area contributed by atoms with Crippen LogP contribution in [-0.4, -0.2) is 52.9 Å². The van der Waals surface area contributed by atoms with Crippen LogP contribution in [0.3, 0.4) is 0 Å². The van der Waals surface area contributed by atoms with Crippen LogP contribution in [0.2, 0.25) is 0 Å². The number of rotatable bonds is 12. The molecular formula is C29H33NO7. The maximum absolute atomic E-state index is 12.1. The zero-order valence-corrected chi connectivity index (χ0v) is 21.4. The van der Waals surface area contributed by atoms with Crippen LogP contribution < -0.4 is 14.8 Å². The van der Waals surface area contributed by atoms with E-state index in [1.165, 1.54) is 6.92 Å². The number of aryl methyl sites for hydroxylation is 2. The van der Waals surface area contributed by atoms with Gasteiger partial charge < -0.3 is 30.1 Å². The lowest BCUT2D eigenvalue weighted by Crippen LogP contribution is -2.35. The Labute approximate surface area is 216 Å². The molecule has 0 aliphatic rings. The number of aliphatic hydroxyl groups is 1. The van der Waals surface area contributed by atoms with Crippen molar-refractivity contribution < 1.29 is 34.4 Å². The van der Waals surface area contributed by atoms with Crippen LogP contribution in [-0.2, 0) is 4.79 Å². The highest BCUT2D eigenvalue weighted by Crippen LogP contribution is 2.33. The Balaban J connectivity index is 1.64. The quantitative estimate of drug-likeness (QED) is 0.210. The van der Waals surface area contributed by atoms with Gasteiger partial charge in [0.15, 0.2) is 12.4 Å². The topological polar surface area (TPSA) is 125 Å². The van der Waals surface area contributed by atoms with Gasteiger partial charge in [-0.3, -0.25) is 4.79 Å². The molecule has 2 atom stereocenters. The fourth-order valence-electron chi connectivity index (χ4n) is 4.11. The standard InChI is InChI=1S/C29H33NO7/c1-17-13-23(22-7-10-26(37-16-27(33)34)25(15-22)20(4)31)14-18(2)29(17)36-12-11-30-19(3)28(35)21-5-8-24(32)9-6-21/h5-10,13-15,19,28,30,32,35H,11-12,16H2,1-4H3,(H,33,34)/t19-,28+/m0/s1. The zero-order chi connectivity index (χ0) is 27.1. The van der Waals surface area contributed by atoms with E-state index in [1.54, 1.807) is 42.5 Å². The second-order valence-corrected chi connectivity index (χ2v) is 9.02. The molecule has 0 saturated carbocycles. The summed E-state index contributed by atoms with van der Waals surface area (Å²) in [5.74, 6) is -0.163. The molecule has 0 amide bonds. The number of benzene rings is 3. The number of carboxylic acids is 1. The normalized spacial score (nSPS) is 12.6. The Kier molecular flexibility index (Phi) is 9.27. The van der Waals surface area contributed by atoms with Gasteiger partial charge in [0.25, 0.3) is 0 Å². The minimum atomic E-state index is -1.11. The van der Waals surface area contributed by atoms with E-state index in [0.29, 0.717) is 18.7 Å². The molecule has 0 aliphatic heterocycles. The summed E-state index contributed by atoms with van der Waals surface area (Å²) in [4.78, 5) is 23.0. The van der Waals surface area contributed by atoms with E-state index in [9.17, 15) is 19.8 Å². The van der Waals surface area contributed by atoms with Crippen LogP contribution in [0.5, 0.6) is 17.2 Å². The van der Waals surface area contributed by atoms with Gasteiger partial charge in [-0.2, -0.15) is 0 Å². The zero-order valence-electron chi connectivity index (χ0n) is 21.4. The molecule has 196 valence electrons. The highest BCUT2D eigenvalue weighted by molar-refractivity contribution is 5.98. The first-order valence-corrected chi connectivity index (χ1v) is 12.0. The summed E-state index contributed by atoms with van der Waals surface area (Å²) in [6.45, 7) is 7.61. The lowest BCUT2D eigenvalue weighted by Gasteiger charge is -2.21. The monoisotopic (exact) mass is 507 g/mol. The number of hydrogen-bond donors (Lipinski definition) is 4. The number of phenolic OH excluding ortho intramolecular Hbond substituents is 1. The maximum Gasteiger partial charge on any atom is 0.341 e. The molecule has 8 heteroatoms. The molecule has 8 nitrogen and oxygen atoms in total. The maximum atomic E-state index is 12.1. The second-order valence-electron chi connectivity index (χ2n) is 9.02. The first-order valence-electron chi connectivity index (χ1n) is 12.0. The van der Waals surface area contributed by atoms with Crippen LogP contribution >= 0.6 is 0 Å². The van der Waals surface area contributed by atoms with E-state index in [1.807, 2.05) is 32.9 Å². The van der Waals surface area contributed by atoms with E-state index >= 15 is 0 Å². The number of phenols is 1. The van der Waals surface area contributed by atoms with Crippen molar-refractivity contribution in [3.05, 3.63) is 76.9 Å². The minimum absolute atomic E-state index is 0.155. The summed E-state index contributed by atoms with van der Waals surface area (Å²) in [5, 5.41) is 32.1. The van der Waals surface area contributed by atoms with E-state index in [0.717, 1.165) is 33.6 Å². The number of carbonyl (C=O) groups excluding carboxylic acids is 1. The molecule has 0 aromatic heterocycles. The third-order valence-corrected chi connectivity index (χ3v) is 6.03. The summed E-state index contributed by atoms with van der Waals surface area (Å²) in [7, 11) is 0. The lowest BCUT2D eigenvalue weighted by atomic mass is 9.97. The Morgan fingerprint density at radius 1 is 0.946 bits per heavy atom. The third kappa shape index (κ3) is 7.31. The van der Waals surface area contributed by atoms with E-state index < -0.39 is 18.7 Å². The highest BCUT2D eigenvalue weighted by Gasteiger charge is 2.17. The van der Waals surface area contributed by atoms with Gasteiger partial charge in [-0.1, -0.05) is 18.2 Å². The number of aliphatic hydroxyl groups excluding tert-OH is 1. The molecule has 0 radical (unpaired) electrons. The van der Waals surface area contributed by atoms with Crippen molar-refractivity contribution in [3.63, 3.8) is 0 Å². The van der Waals surface area contributed by atoms with Gasteiger partial charge in [0.2, 0.25) is 0 Å². The summed E-state index contributed by atoms with van der Waals surface area (Å²) >= 11 is 0. The summed E-state index contributed by atoms with van der Waals surface area (Å²) in [6, 6.07) is 15.3. The molecule has 0 aliphatic carbocycles. The van der Waals surface area contributed by atoms with Crippen LogP contribution in [0.25, 0.3) is 11.1 Å². The number of aromatic hydroxyl groups is 1. The first-order chi connectivity index (χ1) is 17.6. The average Bonchev–Trinajstić information content (AvgIpc) is 2.86. The Bertz CT molecular complexity index is 1230. The Morgan fingerprint density at radius 2 is 1.59 bits per heavy atom. The van der Waals surface area contributed by atoms with Gasteiger partial charge in [0.05, 0.1) is 11.7 Å². The Morgan fingerprint density at radius 3 is 2.19 bits per heavy atom. The molecule has 0 unspecified atom stereocenters. The number of carboxylic acid groups (broad SMARTS) is 1. The van der Waals surface area contributed by atoms with Gasteiger partial charge in [0, 0.05) is 12.6 Å². The third-order valence-electron chi connectivity index (χ3n) is 6.03. The number of ether oxygens (including phenoxy) is 2. The molecule has 3 aromatic carbocycles.